The zero-order valence-electron chi connectivity index (χ0n) is 9.59. The van der Waals surface area contributed by atoms with Gasteiger partial charge in [-0.3, -0.25) is 0 Å². The molecule has 0 aliphatic heterocycles. The van der Waals surface area contributed by atoms with Crippen LogP contribution in [-0.2, 0) is 6.42 Å². The Kier molecular flexibility index (Phi) is 5.33. The van der Waals surface area contributed by atoms with Gasteiger partial charge in [0.15, 0.2) is 0 Å². The zero-order valence-corrected chi connectivity index (χ0v) is 9.59. The van der Waals surface area contributed by atoms with E-state index in [1.807, 2.05) is 12.1 Å². The standard InChI is InChI=1S/C13H20FN/c1-3-11(2)10-15-9-8-12-6-4-5-7-13(12)14/h4-7,11,15H,3,8-10H2,1-2H3. The molecule has 0 aliphatic carbocycles. The van der Waals surface area contributed by atoms with Gasteiger partial charge in [0, 0.05) is 0 Å². The number of hydrogen-bond acceptors (Lipinski definition) is 1. The molecule has 0 fully saturated rings. The molecule has 0 amide bonds. The van der Waals surface area contributed by atoms with Crippen molar-refractivity contribution in [1.82, 2.24) is 5.32 Å². The zero-order chi connectivity index (χ0) is 11.1. The molecule has 0 bridgehead atoms. The van der Waals surface area contributed by atoms with Crippen molar-refractivity contribution in [3.05, 3.63) is 35.6 Å². The summed E-state index contributed by atoms with van der Waals surface area (Å²) in [5.41, 5.74) is 0.800. The highest BCUT2D eigenvalue weighted by Gasteiger charge is 2.01. The van der Waals surface area contributed by atoms with Crippen molar-refractivity contribution in [2.75, 3.05) is 13.1 Å². The van der Waals surface area contributed by atoms with Crippen molar-refractivity contribution >= 4 is 0 Å². The minimum Gasteiger partial charge on any atom is -0.316 e. The van der Waals surface area contributed by atoms with Crippen LogP contribution in [0.2, 0.25) is 0 Å². The topological polar surface area (TPSA) is 12.0 Å². The number of benzene rings is 1. The van der Waals surface area contributed by atoms with Gasteiger partial charge in [0.2, 0.25) is 0 Å². The monoisotopic (exact) mass is 209 g/mol. The maximum Gasteiger partial charge on any atom is 0.126 e. The van der Waals surface area contributed by atoms with Gasteiger partial charge in [0.25, 0.3) is 0 Å². The molecular formula is C13H20FN. The quantitative estimate of drug-likeness (QED) is 0.710. The van der Waals surface area contributed by atoms with Gasteiger partial charge in [-0.1, -0.05) is 38.5 Å². The first kappa shape index (κ1) is 12.2. The molecule has 15 heavy (non-hydrogen) atoms. The number of rotatable bonds is 6. The van der Waals surface area contributed by atoms with Gasteiger partial charge in [-0.05, 0) is 37.1 Å². The first-order valence-corrected chi connectivity index (χ1v) is 5.68. The van der Waals surface area contributed by atoms with E-state index in [1.165, 1.54) is 12.5 Å². The lowest BCUT2D eigenvalue weighted by atomic mass is 10.1. The summed E-state index contributed by atoms with van der Waals surface area (Å²) in [5, 5.41) is 3.35. The van der Waals surface area contributed by atoms with E-state index in [4.69, 9.17) is 0 Å². The number of halogens is 1. The Labute approximate surface area is 91.7 Å². The van der Waals surface area contributed by atoms with Crippen molar-refractivity contribution < 1.29 is 4.39 Å². The van der Waals surface area contributed by atoms with Gasteiger partial charge in [-0.2, -0.15) is 0 Å². The fourth-order valence-corrected chi connectivity index (χ4v) is 1.42. The van der Waals surface area contributed by atoms with Gasteiger partial charge in [0.05, 0.1) is 0 Å². The fourth-order valence-electron chi connectivity index (χ4n) is 1.42. The molecule has 1 N–H and O–H groups in total. The van der Waals surface area contributed by atoms with Crippen LogP contribution in [0.3, 0.4) is 0 Å². The number of nitrogens with one attached hydrogen (secondary N) is 1. The van der Waals surface area contributed by atoms with E-state index in [2.05, 4.69) is 19.2 Å². The second-order valence-electron chi connectivity index (χ2n) is 4.06. The van der Waals surface area contributed by atoms with Gasteiger partial charge in [-0.25, -0.2) is 4.39 Å². The van der Waals surface area contributed by atoms with E-state index in [9.17, 15) is 4.39 Å². The lowest BCUT2D eigenvalue weighted by Crippen LogP contribution is -2.23. The summed E-state index contributed by atoms with van der Waals surface area (Å²) < 4.78 is 13.2. The Morgan fingerprint density at radius 1 is 1.33 bits per heavy atom. The molecule has 1 aromatic rings. The Hall–Kier alpha value is -0.890. The first-order chi connectivity index (χ1) is 7.24. The normalized spacial score (nSPS) is 12.7. The van der Waals surface area contributed by atoms with Gasteiger partial charge >= 0.3 is 0 Å². The molecule has 0 aliphatic rings. The Morgan fingerprint density at radius 2 is 2.07 bits per heavy atom. The van der Waals surface area contributed by atoms with Crippen molar-refractivity contribution in [2.24, 2.45) is 5.92 Å². The molecule has 0 spiro atoms. The van der Waals surface area contributed by atoms with Crippen LogP contribution in [0.15, 0.2) is 24.3 Å². The van der Waals surface area contributed by atoms with Gasteiger partial charge in [-0.15, -0.1) is 0 Å². The summed E-state index contributed by atoms with van der Waals surface area (Å²) in [6, 6.07) is 6.97. The molecule has 0 radical (unpaired) electrons. The Morgan fingerprint density at radius 3 is 2.73 bits per heavy atom. The highest BCUT2D eigenvalue weighted by atomic mass is 19.1. The summed E-state index contributed by atoms with van der Waals surface area (Å²) in [7, 11) is 0. The summed E-state index contributed by atoms with van der Waals surface area (Å²) >= 11 is 0. The van der Waals surface area contributed by atoms with Gasteiger partial charge in [0.1, 0.15) is 5.82 Å². The minimum absolute atomic E-state index is 0.0946. The lowest BCUT2D eigenvalue weighted by Gasteiger charge is -2.10. The third-order valence-corrected chi connectivity index (χ3v) is 2.72. The second-order valence-corrected chi connectivity index (χ2v) is 4.06. The van der Waals surface area contributed by atoms with E-state index in [1.54, 1.807) is 6.07 Å². The molecular weight excluding hydrogens is 189 g/mol. The van der Waals surface area contributed by atoms with Crippen molar-refractivity contribution in [3.63, 3.8) is 0 Å². The largest absolute Gasteiger partial charge is 0.316 e. The predicted molar refractivity (Wildman–Crippen MR) is 62.4 cm³/mol. The van der Waals surface area contributed by atoms with Crippen LogP contribution in [0, 0.1) is 11.7 Å². The third-order valence-electron chi connectivity index (χ3n) is 2.72. The molecule has 84 valence electrons. The summed E-state index contributed by atoms with van der Waals surface area (Å²) in [6.45, 7) is 6.27. The van der Waals surface area contributed by atoms with Crippen LogP contribution in [0.1, 0.15) is 25.8 Å². The van der Waals surface area contributed by atoms with Crippen molar-refractivity contribution in [1.29, 1.82) is 0 Å². The van der Waals surface area contributed by atoms with E-state index < -0.39 is 0 Å². The predicted octanol–water partition coefficient (Wildman–Crippen LogP) is 3.00. The van der Waals surface area contributed by atoms with Crippen LogP contribution in [0.25, 0.3) is 0 Å². The first-order valence-electron chi connectivity index (χ1n) is 5.68. The second kappa shape index (κ2) is 6.57. The molecule has 1 unspecified atom stereocenters. The van der Waals surface area contributed by atoms with Gasteiger partial charge < -0.3 is 5.32 Å². The minimum atomic E-state index is -0.0946. The highest BCUT2D eigenvalue weighted by Crippen LogP contribution is 2.06. The van der Waals surface area contributed by atoms with E-state index in [-0.39, 0.29) is 5.82 Å². The van der Waals surface area contributed by atoms with Crippen LogP contribution in [-0.4, -0.2) is 13.1 Å². The van der Waals surface area contributed by atoms with E-state index in [0.29, 0.717) is 5.92 Å². The molecule has 0 heterocycles. The summed E-state index contributed by atoms with van der Waals surface area (Å²) in [4.78, 5) is 0. The summed E-state index contributed by atoms with van der Waals surface area (Å²) in [6.07, 6.45) is 1.95. The van der Waals surface area contributed by atoms with E-state index >= 15 is 0 Å². The van der Waals surface area contributed by atoms with Crippen molar-refractivity contribution in [2.45, 2.75) is 26.7 Å². The van der Waals surface area contributed by atoms with Crippen LogP contribution in [0.4, 0.5) is 4.39 Å². The summed E-state index contributed by atoms with van der Waals surface area (Å²) in [5.74, 6) is 0.605. The SMILES string of the molecule is CCC(C)CNCCc1ccccc1F. The maximum absolute atomic E-state index is 13.2. The van der Waals surface area contributed by atoms with E-state index in [0.717, 1.165) is 25.1 Å². The molecule has 1 rings (SSSR count). The maximum atomic E-state index is 13.2. The lowest BCUT2D eigenvalue weighted by molar-refractivity contribution is 0.499. The molecule has 0 saturated carbocycles. The average molecular weight is 209 g/mol. The molecule has 1 nitrogen and oxygen atoms in total. The molecule has 2 heteroatoms. The Balaban J connectivity index is 2.23. The van der Waals surface area contributed by atoms with Crippen LogP contribution >= 0.6 is 0 Å². The average Bonchev–Trinajstić information content (AvgIpc) is 2.26. The smallest absolute Gasteiger partial charge is 0.126 e. The Bertz CT molecular complexity index is 286. The third kappa shape index (κ3) is 4.43. The molecule has 1 aromatic carbocycles. The molecule has 0 aromatic heterocycles. The van der Waals surface area contributed by atoms with Crippen LogP contribution in [0.5, 0.6) is 0 Å². The fraction of sp³-hybridized carbons (Fsp3) is 0.538. The molecule has 0 saturated heterocycles. The molecule has 1 atom stereocenters. The highest BCUT2D eigenvalue weighted by molar-refractivity contribution is 5.17. The van der Waals surface area contributed by atoms with Crippen molar-refractivity contribution in [3.8, 4) is 0 Å². The number of hydrogen-bond donors (Lipinski definition) is 1. The van der Waals surface area contributed by atoms with Crippen LogP contribution < -0.4 is 5.32 Å².